The summed E-state index contributed by atoms with van der Waals surface area (Å²) in [4.78, 5) is 0. The van der Waals surface area contributed by atoms with Crippen molar-refractivity contribution in [3.05, 3.63) is 88.9 Å². The molecule has 0 saturated heterocycles. The van der Waals surface area contributed by atoms with Crippen molar-refractivity contribution in [1.29, 1.82) is 0 Å². The number of nitrogens with one attached hydrogen (secondary N) is 2. The Hall–Kier alpha value is -2.76. The first-order valence-corrected chi connectivity index (χ1v) is 9.50. The van der Waals surface area contributed by atoms with Crippen molar-refractivity contribution in [1.82, 2.24) is 5.32 Å². The molecular weight excluding hydrogens is 392 g/mol. The van der Waals surface area contributed by atoms with Gasteiger partial charge in [-0.15, -0.1) is 0 Å². The van der Waals surface area contributed by atoms with Crippen LogP contribution >= 0.6 is 23.8 Å². The number of ether oxygens (including phenoxy) is 2. The van der Waals surface area contributed by atoms with Crippen molar-refractivity contribution in [2.45, 2.75) is 6.04 Å². The zero-order valence-electron chi connectivity index (χ0n) is 15.6. The molecule has 0 saturated carbocycles. The molecule has 28 heavy (non-hydrogen) atoms. The Kier molecular flexibility index (Phi) is 6.74. The molecule has 0 amide bonds. The average molecular weight is 413 g/mol. The van der Waals surface area contributed by atoms with E-state index in [1.165, 1.54) is 0 Å². The van der Waals surface area contributed by atoms with Crippen LogP contribution in [0.4, 0.5) is 5.69 Å². The lowest BCUT2D eigenvalue weighted by Crippen LogP contribution is -2.33. The largest absolute Gasteiger partial charge is 0.495 e. The van der Waals surface area contributed by atoms with Gasteiger partial charge in [0.15, 0.2) is 5.11 Å². The summed E-state index contributed by atoms with van der Waals surface area (Å²) in [5, 5.41) is 7.49. The van der Waals surface area contributed by atoms with E-state index in [-0.39, 0.29) is 6.04 Å². The van der Waals surface area contributed by atoms with Crippen LogP contribution in [0, 0.1) is 0 Å². The fraction of sp³-hybridized carbons (Fsp3) is 0.136. The molecule has 4 nitrogen and oxygen atoms in total. The lowest BCUT2D eigenvalue weighted by atomic mass is 9.99. The van der Waals surface area contributed by atoms with Crippen molar-refractivity contribution < 1.29 is 9.47 Å². The van der Waals surface area contributed by atoms with Gasteiger partial charge in [0, 0.05) is 6.07 Å². The second-order valence-electron chi connectivity index (χ2n) is 6.04. The summed E-state index contributed by atoms with van der Waals surface area (Å²) in [5.74, 6) is 1.12. The molecule has 0 aliphatic carbocycles. The van der Waals surface area contributed by atoms with Crippen LogP contribution in [0.2, 0.25) is 5.02 Å². The van der Waals surface area contributed by atoms with E-state index >= 15 is 0 Å². The van der Waals surface area contributed by atoms with Gasteiger partial charge in [-0.05, 0) is 29.4 Å². The van der Waals surface area contributed by atoms with Crippen molar-refractivity contribution in [2.75, 3.05) is 19.5 Å². The minimum Gasteiger partial charge on any atom is -0.495 e. The zero-order chi connectivity index (χ0) is 19.9. The average Bonchev–Trinajstić information content (AvgIpc) is 2.73. The van der Waals surface area contributed by atoms with Crippen LogP contribution in [0.5, 0.6) is 11.5 Å². The van der Waals surface area contributed by atoms with Gasteiger partial charge in [-0.3, -0.25) is 0 Å². The van der Waals surface area contributed by atoms with Gasteiger partial charge in [-0.25, -0.2) is 0 Å². The molecule has 0 atom stereocenters. The Morgan fingerprint density at radius 1 is 0.857 bits per heavy atom. The molecule has 0 spiro atoms. The van der Waals surface area contributed by atoms with Crippen LogP contribution in [0.1, 0.15) is 17.2 Å². The highest BCUT2D eigenvalue weighted by Crippen LogP contribution is 2.36. The number of anilines is 1. The molecule has 0 fully saturated rings. The quantitative estimate of drug-likeness (QED) is 0.528. The van der Waals surface area contributed by atoms with Crippen molar-refractivity contribution >= 4 is 34.6 Å². The van der Waals surface area contributed by atoms with Crippen LogP contribution in [-0.2, 0) is 0 Å². The van der Waals surface area contributed by atoms with Crippen molar-refractivity contribution in [3.63, 3.8) is 0 Å². The minimum absolute atomic E-state index is 0.0953. The Labute approximate surface area is 175 Å². The van der Waals surface area contributed by atoms with E-state index in [1.54, 1.807) is 26.4 Å². The van der Waals surface area contributed by atoms with Crippen LogP contribution in [0.3, 0.4) is 0 Å². The van der Waals surface area contributed by atoms with Gasteiger partial charge >= 0.3 is 0 Å². The van der Waals surface area contributed by atoms with Crippen LogP contribution in [-0.4, -0.2) is 19.3 Å². The first kappa shape index (κ1) is 20.0. The second kappa shape index (κ2) is 9.44. The molecule has 0 radical (unpaired) electrons. The molecule has 0 aromatic heterocycles. The normalized spacial score (nSPS) is 10.4. The van der Waals surface area contributed by atoms with Crippen LogP contribution < -0.4 is 20.1 Å². The zero-order valence-corrected chi connectivity index (χ0v) is 17.2. The van der Waals surface area contributed by atoms with Gasteiger partial charge < -0.3 is 20.1 Å². The van der Waals surface area contributed by atoms with E-state index in [2.05, 4.69) is 34.9 Å². The van der Waals surface area contributed by atoms with E-state index in [1.807, 2.05) is 36.4 Å². The molecule has 144 valence electrons. The van der Waals surface area contributed by atoms with E-state index in [0.29, 0.717) is 27.3 Å². The molecule has 0 aliphatic heterocycles. The van der Waals surface area contributed by atoms with Gasteiger partial charge in [-0.1, -0.05) is 72.3 Å². The molecule has 0 heterocycles. The predicted octanol–water partition coefficient (Wildman–Crippen LogP) is 5.43. The van der Waals surface area contributed by atoms with E-state index in [9.17, 15) is 0 Å². The third-order valence-corrected chi connectivity index (χ3v) is 4.78. The summed E-state index contributed by atoms with van der Waals surface area (Å²) in [6.45, 7) is 0. The molecule has 0 unspecified atom stereocenters. The lowest BCUT2D eigenvalue weighted by Gasteiger charge is -2.23. The maximum atomic E-state index is 6.26. The third kappa shape index (κ3) is 4.74. The maximum absolute atomic E-state index is 6.26. The van der Waals surface area contributed by atoms with Crippen molar-refractivity contribution in [2.24, 2.45) is 0 Å². The summed E-state index contributed by atoms with van der Waals surface area (Å²) in [6, 6.07) is 23.6. The first-order chi connectivity index (χ1) is 13.6. The molecule has 3 rings (SSSR count). The predicted molar refractivity (Wildman–Crippen MR) is 119 cm³/mol. The van der Waals surface area contributed by atoms with Gasteiger partial charge in [0.2, 0.25) is 0 Å². The smallest absolute Gasteiger partial charge is 0.171 e. The Morgan fingerprint density at radius 2 is 1.39 bits per heavy atom. The van der Waals surface area contributed by atoms with E-state index < -0.39 is 0 Å². The number of thiocarbonyl (C=S) groups is 1. The Bertz CT molecular complexity index is 897. The summed E-state index contributed by atoms with van der Waals surface area (Å²) < 4.78 is 10.7. The Morgan fingerprint density at radius 3 is 1.89 bits per heavy atom. The molecule has 6 heteroatoms. The summed E-state index contributed by atoms with van der Waals surface area (Å²) in [6.07, 6.45) is 0. The number of rotatable bonds is 6. The molecule has 0 bridgehead atoms. The standard InChI is InChI=1S/C22H21ClN2O2S/c1-26-19-14-20(27-2)18(13-17(19)23)24-22(28)25-21(15-9-5-3-6-10-15)16-11-7-4-8-12-16/h3-14,21H,1-2H3,(H2,24,25,28). The number of benzene rings is 3. The topological polar surface area (TPSA) is 42.5 Å². The number of halogens is 1. The van der Waals surface area contributed by atoms with Gasteiger partial charge in [0.05, 0.1) is 31.0 Å². The van der Waals surface area contributed by atoms with Gasteiger partial charge in [-0.2, -0.15) is 0 Å². The molecule has 2 N–H and O–H groups in total. The lowest BCUT2D eigenvalue weighted by molar-refractivity contribution is 0.396. The number of methoxy groups -OCH3 is 2. The highest BCUT2D eigenvalue weighted by atomic mass is 35.5. The number of hydrogen-bond acceptors (Lipinski definition) is 3. The third-order valence-electron chi connectivity index (χ3n) is 4.26. The number of hydrogen-bond donors (Lipinski definition) is 2. The minimum atomic E-state index is -0.0953. The monoisotopic (exact) mass is 412 g/mol. The van der Waals surface area contributed by atoms with Crippen molar-refractivity contribution in [3.8, 4) is 11.5 Å². The second-order valence-corrected chi connectivity index (χ2v) is 6.86. The molecule has 3 aromatic carbocycles. The van der Waals surface area contributed by atoms with E-state index in [4.69, 9.17) is 33.3 Å². The SMILES string of the molecule is COc1cc(OC)c(NC(=S)NC(c2ccccc2)c2ccccc2)cc1Cl. The van der Waals surface area contributed by atoms with Gasteiger partial charge in [0.25, 0.3) is 0 Å². The van der Waals surface area contributed by atoms with Gasteiger partial charge in [0.1, 0.15) is 11.5 Å². The Balaban J connectivity index is 1.85. The summed E-state index contributed by atoms with van der Waals surface area (Å²) >= 11 is 11.8. The van der Waals surface area contributed by atoms with Crippen LogP contribution in [0.15, 0.2) is 72.8 Å². The highest BCUT2D eigenvalue weighted by Gasteiger charge is 2.16. The highest BCUT2D eigenvalue weighted by molar-refractivity contribution is 7.80. The summed E-state index contributed by atoms with van der Waals surface area (Å²) in [5.41, 5.74) is 2.88. The molecule has 0 aliphatic rings. The maximum Gasteiger partial charge on any atom is 0.171 e. The summed E-state index contributed by atoms with van der Waals surface area (Å²) in [7, 11) is 3.14. The van der Waals surface area contributed by atoms with Crippen LogP contribution in [0.25, 0.3) is 0 Å². The fourth-order valence-corrected chi connectivity index (χ4v) is 3.37. The first-order valence-electron chi connectivity index (χ1n) is 8.71. The van der Waals surface area contributed by atoms with E-state index in [0.717, 1.165) is 11.1 Å². The fourth-order valence-electron chi connectivity index (χ4n) is 2.90. The molecular formula is C22H21ClN2O2S. The molecule has 3 aromatic rings.